The van der Waals surface area contributed by atoms with Crippen LogP contribution in [0, 0.1) is 0 Å². The summed E-state index contributed by atoms with van der Waals surface area (Å²) < 4.78 is 0.513. The number of unbranched alkanes of at least 4 members (excludes halogenated alkanes) is 2. The van der Waals surface area contributed by atoms with Crippen molar-refractivity contribution in [2.24, 2.45) is 0 Å². The average molecular weight is 396 g/mol. The van der Waals surface area contributed by atoms with E-state index in [2.05, 4.69) is 0 Å². The Hall–Kier alpha value is -1.63. The van der Waals surface area contributed by atoms with E-state index in [1.165, 1.54) is 11.8 Å². The van der Waals surface area contributed by atoms with E-state index in [0.29, 0.717) is 27.2 Å². The molecule has 1 aromatic carbocycles. The minimum atomic E-state index is -0.798. The molecular formula is C18H18ClNO3S2. The summed E-state index contributed by atoms with van der Waals surface area (Å²) in [6.45, 7) is 0.502. The zero-order valence-electron chi connectivity index (χ0n) is 13.5. The quantitative estimate of drug-likeness (QED) is 0.394. The number of allylic oxidation sites excluding steroid dienone is 2. The minimum Gasteiger partial charge on any atom is -0.481 e. The van der Waals surface area contributed by atoms with Gasteiger partial charge in [0.2, 0.25) is 0 Å². The van der Waals surface area contributed by atoms with Crippen LogP contribution in [0.25, 0.3) is 6.08 Å². The minimum absolute atomic E-state index is 0.146. The number of rotatable bonds is 8. The molecular weight excluding hydrogens is 378 g/mol. The summed E-state index contributed by atoms with van der Waals surface area (Å²) in [4.78, 5) is 25.0. The van der Waals surface area contributed by atoms with E-state index in [0.717, 1.165) is 18.4 Å². The van der Waals surface area contributed by atoms with Gasteiger partial charge in [-0.3, -0.25) is 14.5 Å². The number of hydrogen-bond acceptors (Lipinski definition) is 4. The largest absolute Gasteiger partial charge is 0.481 e. The Labute approximate surface area is 161 Å². The van der Waals surface area contributed by atoms with Gasteiger partial charge in [-0.25, -0.2) is 0 Å². The first-order valence-corrected chi connectivity index (χ1v) is 9.47. The van der Waals surface area contributed by atoms with Gasteiger partial charge in [0.25, 0.3) is 5.91 Å². The lowest BCUT2D eigenvalue weighted by atomic mass is 10.2. The van der Waals surface area contributed by atoms with Gasteiger partial charge in [0.1, 0.15) is 4.32 Å². The number of amides is 1. The Bertz CT molecular complexity index is 716. The Morgan fingerprint density at radius 1 is 1.24 bits per heavy atom. The second kappa shape index (κ2) is 9.75. The summed E-state index contributed by atoms with van der Waals surface area (Å²) in [7, 11) is 0. The van der Waals surface area contributed by atoms with Crippen molar-refractivity contribution < 1.29 is 14.7 Å². The molecule has 1 heterocycles. The van der Waals surface area contributed by atoms with Crippen LogP contribution in [0.5, 0.6) is 0 Å². The van der Waals surface area contributed by atoms with Crippen molar-refractivity contribution in [2.45, 2.75) is 25.7 Å². The molecule has 1 N–H and O–H groups in total. The Morgan fingerprint density at radius 2 is 1.96 bits per heavy atom. The lowest BCUT2D eigenvalue weighted by Gasteiger charge is -2.13. The molecule has 1 fully saturated rings. The van der Waals surface area contributed by atoms with Gasteiger partial charge in [0.05, 0.1) is 4.91 Å². The maximum Gasteiger partial charge on any atom is 0.303 e. The summed E-state index contributed by atoms with van der Waals surface area (Å²) in [5.41, 5.74) is 0.956. The molecule has 0 aliphatic carbocycles. The van der Waals surface area contributed by atoms with Gasteiger partial charge in [-0.05, 0) is 30.6 Å². The lowest BCUT2D eigenvalue weighted by Crippen LogP contribution is -2.29. The third-order valence-electron chi connectivity index (χ3n) is 3.52. The van der Waals surface area contributed by atoms with Crippen molar-refractivity contribution in [2.75, 3.05) is 6.54 Å². The maximum atomic E-state index is 12.4. The normalized spacial score (nSPS) is 16.8. The highest BCUT2D eigenvalue weighted by molar-refractivity contribution is 8.26. The van der Waals surface area contributed by atoms with Crippen LogP contribution in [-0.4, -0.2) is 32.7 Å². The zero-order valence-corrected chi connectivity index (χ0v) is 15.9. The fraction of sp³-hybridized carbons (Fsp3) is 0.278. The highest BCUT2D eigenvalue weighted by Gasteiger charge is 2.31. The van der Waals surface area contributed by atoms with Crippen molar-refractivity contribution in [1.82, 2.24) is 4.90 Å². The number of carbonyl (C=O) groups excluding carboxylic acids is 1. The molecule has 1 aliphatic rings. The van der Waals surface area contributed by atoms with Crippen LogP contribution in [0.3, 0.4) is 0 Å². The first-order valence-electron chi connectivity index (χ1n) is 7.87. The zero-order chi connectivity index (χ0) is 18.2. The molecule has 1 aliphatic heterocycles. The maximum absolute atomic E-state index is 12.4. The third kappa shape index (κ3) is 6.30. The number of carboxylic acids is 1. The molecule has 25 heavy (non-hydrogen) atoms. The van der Waals surface area contributed by atoms with Gasteiger partial charge in [-0.2, -0.15) is 0 Å². The van der Waals surface area contributed by atoms with E-state index < -0.39 is 5.97 Å². The molecule has 4 nitrogen and oxygen atoms in total. The molecule has 132 valence electrons. The van der Waals surface area contributed by atoms with Crippen LogP contribution in [0.4, 0.5) is 0 Å². The number of hydrogen-bond donors (Lipinski definition) is 1. The number of thioether (sulfide) groups is 1. The average Bonchev–Trinajstić information content (AvgIpc) is 2.82. The Morgan fingerprint density at radius 3 is 2.64 bits per heavy atom. The molecule has 7 heteroatoms. The van der Waals surface area contributed by atoms with E-state index in [1.807, 2.05) is 30.3 Å². The van der Waals surface area contributed by atoms with E-state index >= 15 is 0 Å². The summed E-state index contributed by atoms with van der Waals surface area (Å²) in [5, 5.41) is 9.08. The van der Waals surface area contributed by atoms with E-state index in [4.69, 9.17) is 28.9 Å². The van der Waals surface area contributed by atoms with Crippen LogP contribution in [0.15, 0.2) is 46.3 Å². The smallest absolute Gasteiger partial charge is 0.303 e. The van der Waals surface area contributed by atoms with Gasteiger partial charge in [0, 0.05) is 18.0 Å². The molecule has 0 spiro atoms. The first-order chi connectivity index (χ1) is 12.0. The number of benzene rings is 1. The molecule has 0 aromatic heterocycles. The highest BCUT2D eigenvalue weighted by atomic mass is 35.5. The van der Waals surface area contributed by atoms with Crippen LogP contribution >= 0.6 is 35.6 Å². The molecule has 0 radical (unpaired) electrons. The summed E-state index contributed by atoms with van der Waals surface area (Å²) in [5.74, 6) is -0.943. The van der Waals surface area contributed by atoms with Gasteiger partial charge < -0.3 is 5.11 Å². The topological polar surface area (TPSA) is 57.6 Å². The number of aliphatic carboxylic acids is 1. The number of halogens is 1. The second-order valence-corrected chi connectivity index (χ2v) is 7.59. The van der Waals surface area contributed by atoms with Crippen LogP contribution in [-0.2, 0) is 9.59 Å². The van der Waals surface area contributed by atoms with Gasteiger partial charge in [0.15, 0.2) is 0 Å². The fourth-order valence-corrected chi connectivity index (χ4v) is 3.89. The number of nitrogens with zero attached hydrogens (tertiary/aromatic N) is 1. The molecule has 1 saturated heterocycles. The van der Waals surface area contributed by atoms with E-state index in [1.54, 1.807) is 17.1 Å². The van der Waals surface area contributed by atoms with Gasteiger partial charge in [-0.15, -0.1) is 0 Å². The molecule has 0 unspecified atom stereocenters. The molecule has 2 rings (SSSR count). The van der Waals surface area contributed by atoms with Crippen LogP contribution in [0.2, 0.25) is 0 Å². The molecule has 0 saturated carbocycles. The van der Waals surface area contributed by atoms with Crippen LogP contribution < -0.4 is 0 Å². The van der Waals surface area contributed by atoms with Gasteiger partial charge >= 0.3 is 5.97 Å². The first kappa shape index (κ1) is 19.7. The molecule has 1 aromatic rings. The SMILES string of the molecule is O=C(O)CCCCCN1C(=O)C(=CC(Cl)=Cc2ccccc2)SC1=S. The lowest BCUT2D eigenvalue weighted by molar-refractivity contribution is -0.137. The van der Waals surface area contributed by atoms with Crippen LogP contribution in [0.1, 0.15) is 31.2 Å². The Balaban J connectivity index is 1.93. The summed E-state index contributed by atoms with van der Waals surface area (Å²) in [6, 6.07) is 9.61. The molecule has 1 amide bonds. The monoisotopic (exact) mass is 395 g/mol. The third-order valence-corrected chi connectivity index (χ3v) is 5.12. The fourth-order valence-electron chi connectivity index (χ4n) is 2.29. The number of thiocarbonyl (C=S) groups is 1. The predicted octanol–water partition coefficient (Wildman–Crippen LogP) is 4.66. The van der Waals surface area contributed by atoms with Crippen molar-refractivity contribution >= 4 is 57.9 Å². The summed E-state index contributed by atoms with van der Waals surface area (Å²) in [6.07, 6.45) is 5.65. The van der Waals surface area contributed by atoms with E-state index in [9.17, 15) is 9.59 Å². The molecule has 0 bridgehead atoms. The van der Waals surface area contributed by atoms with Gasteiger partial charge in [-0.1, -0.05) is 72.3 Å². The number of carbonyl (C=O) groups is 2. The van der Waals surface area contributed by atoms with Crippen molar-refractivity contribution in [1.29, 1.82) is 0 Å². The second-order valence-electron chi connectivity index (χ2n) is 5.48. The summed E-state index contributed by atoms with van der Waals surface area (Å²) >= 11 is 12.7. The van der Waals surface area contributed by atoms with Crippen molar-refractivity contribution in [3.63, 3.8) is 0 Å². The molecule has 0 atom stereocenters. The predicted molar refractivity (Wildman–Crippen MR) is 106 cm³/mol. The number of carboxylic acid groups (broad SMARTS) is 1. The Kier molecular flexibility index (Phi) is 7.68. The van der Waals surface area contributed by atoms with E-state index in [-0.39, 0.29) is 12.3 Å². The highest BCUT2D eigenvalue weighted by Crippen LogP contribution is 2.33. The standard InChI is InChI=1S/C18H18ClNO3S2/c19-14(11-13-7-3-1-4-8-13)12-15-17(23)20(18(24)25-15)10-6-2-5-9-16(21)22/h1,3-4,7-8,11-12H,2,5-6,9-10H2,(H,21,22). The van der Waals surface area contributed by atoms with Crippen molar-refractivity contribution in [3.05, 3.63) is 51.9 Å². The van der Waals surface area contributed by atoms with Crippen molar-refractivity contribution in [3.8, 4) is 0 Å².